The molecule has 1 aliphatic carbocycles. The summed E-state index contributed by atoms with van der Waals surface area (Å²) in [4.78, 5) is 15.0. The number of aromatic nitrogens is 2. The number of ether oxygens (including phenoxy) is 1. The summed E-state index contributed by atoms with van der Waals surface area (Å²) in [5, 5.41) is 8.28. The number of hydrogen-bond donors (Lipinski definition) is 1. The number of nitrogens with one attached hydrogen (secondary N) is 1. The third-order valence-corrected chi connectivity index (χ3v) is 6.65. The highest BCUT2D eigenvalue weighted by atomic mass is 32.2. The topological polar surface area (TPSA) is 59.4 Å². The Morgan fingerprint density at radius 2 is 2.04 bits per heavy atom. The molecule has 0 spiro atoms. The minimum absolute atomic E-state index is 0.105. The van der Waals surface area contributed by atoms with Crippen molar-refractivity contribution in [1.82, 2.24) is 20.0 Å². The molecule has 1 aliphatic heterocycles. The van der Waals surface area contributed by atoms with Gasteiger partial charge < -0.3 is 15.0 Å². The molecule has 150 valence electrons. The van der Waals surface area contributed by atoms with Crippen LogP contribution in [0.3, 0.4) is 0 Å². The van der Waals surface area contributed by atoms with Crippen LogP contribution in [0.4, 0.5) is 0 Å². The number of thioether (sulfide) groups is 1. The van der Waals surface area contributed by atoms with E-state index in [1.54, 1.807) is 7.11 Å². The molecule has 1 saturated heterocycles. The van der Waals surface area contributed by atoms with E-state index in [2.05, 4.69) is 22.5 Å². The van der Waals surface area contributed by atoms with Crippen LogP contribution in [0.15, 0.2) is 24.3 Å². The van der Waals surface area contributed by atoms with E-state index < -0.39 is 0 Å². The highest BCUT2D eigenvalue weighted by Crippen LogP contribution is 2.26. The average Bonchev–Trinajstić information content (AvgIpc) is 3.08. The Labute approximate surface area is 170 Å². The molecule has 0 radical (unpaired) electrons. The van der Waals surface area contributed by atoms with Gasteiger partial charge in [-0.25, -0.2) is 0 Å². The van der Waals surface area contributed by atoms with Crippen LogP contribution in [0, 0.1) is 0 Å². The molecule has 7 heteroatoms. The van der Waals surface area contributed by atoms with Crippen LogP contribution in [0.25, 0.3) is 0 Å². The maximum absolute atomic E-state index is 13.0. The fourth-order valence-electron chi connectivity index (χ4n) is 4.06. The Hall–Kier alpha value is -1.99. The second kappa shape index (κ2) is 8.57. The molecule has 1 N–H and O–H groups in total. The van der Waals surface area contributed by atoms with E-state index >= 15 is 0 Å². The number of nitrogens with zero attached hydrogens (tertiary/aromatic N) is 3. The molecule has 1 atom stereocenters. The summed E-state index contributed by atoms with van der Waals surface area (Å²) in [5.41, 5.74) is 4.27. The molecule has 0 unspecified atom stereocenters. The van der Waals surface area contributed by atoms with Crippen molar-refractivity contribution in [3.63, 3.8) is 0 Å². The first kappa shape index (κ1) is 19.3. The minimum Gasteiger partial charge on any atom is -0.497 e. The van der Waals surface area contributed by atoms with E-state index in [1.165, 1.54) is 11.3 Å². The predicted molar refractivity (Wildman–Crippen MR) is 112 cm³/mol. The highest BCUT2D eigenvalue weighted by molar-refractivity contribution is 7.99. The quantitative estimate of drug-likeness (QED) is 0.834. The Morgan fingerprint density at radius 1 is 1.29 bits per heavy atom. The van der Waals surface area contributed by atoms with Crippen molar-refractivity contribution in [2.24, 2.45) is 7.05 Å². The number of aryl methyl sites for hydroxylation is 1. The first-order valence-electron chi connectivity index (χ1n) is 9.94. The fourth-order valence-corrected chi connectivity index (χ4v) is 4.96. The molecule has 2 heterocycles. The molecular formula is C21H28N4O2S. The summed E-state index contributed by atoms with van der Waals surface area (Å²) in [6.07, 6.45) is 2.89. The van der Waals surface area contributed by atoms with Crippen molar-refractivity contribution < 1.29 is 9.53 Å². The normalized spacial score (nSPS) is 19.4. The number of rotatable bonds is 5. The summed E-state index contributed by atoms with van der Waals surface area (Å²) >= 11 is 1.92. The molecule has 1 fully saturated rings. The van der Waals surface area contributed by atoms with Crippen molar-refractivity contribution in [3.05, 3.63) is 46.8 Å². The van der Waals surface area contributed by atoms with Gasteiger partial charge in [-0.15, -0.1) is 0 Å². The van der Waals surface area contributed by atoms with E-state index in [0.29, 0.717) is 11.7 Å². The molecule has 0 bridgehead atoms. The van der Waals surface area contributed by atoms with Gasteiger partial charge in [0.2, 0.25) is 0 Å². The molecule has 1 aromatic carbocycles. The summed E-state index contributed by atoms with van der Waals surface area (Å²) in [5.74, 6) is 3.02. The van der Waals surface area contributed by atoms with E-state index in [0.717, 1.165) is 61.7 Å². The molecular weight excluding hydrogens is 372 g/mol. The predicted octanol–water partition coefficient (Wildman–Crippen LogP) is 2.26. The maximum Gasteiger partial charge on any atom is 0.274 e. The van der Waals surface area contributed by atoms with Crippen molar-refractivity contribution in [3.8, 4) is 5.75 Å². The van der Waals surface area contributed by atoms with E-state index in [4.69, 9.17) is 4.74 Å². The number of benzene rings is 1. The smallest absolute Gasteiger partial charge is 0.274 e. The lowest BCUT2D eigenvalue weighted by atomic mass is 9.91. The summed E-state index contributed by atoms with van der Waals surface area (Å²) in [6.45, 7) is 2.47. The molecule has 6 nitrogen and oxygen atoms in total. The zero-order chi connectivity index (χ0) is 19.5. The second-order valence-electron chi connectivity index (χ2n) is 7.47. The third-order valence-electron chi connectivity index (χ3n) is 5.71. The molecule has 28 heavy (non-hydrogen) atoms. The van der Waals surface area contributed by atoms with Gasteiger partial charge in [-0.1, -0.05) is 12.1 Å². The lowest BCUT2D eigenvalue weighted by Crippen LogP contribution is -2.39. The van der Waals surface area contributed by atoms with Crippen LogP contribution < -0.4 is 10.1 Å². The van der Waals surface area contributed by atoms with Crippen LogP contribution in [-0.2, 0) is 26.4 Å². The van der Waals surface area contributed by atoms with Gasteiger partial charge in [0.15, 0.2) is 5.69 Å². The van der Waals surface area contributed by atoms with Gasteiger partial charge in [-0.05, 0) is 37.0 Å². The molecule has 4 rings (SSSR count). The number of carbonyl (C=O) groups excluding carboxylic acids is 1. The van der Waals surface area contributed by atoms with E-state index in [-0.39, 0.29) is 5.91 Å². The van der Waals surface area contributed by atoms with Crippen LogP contribution in [0.1, 0.15) is 33.7 Å². The van der Waals surface area contributed by atoms with E-state index in [1.807, 2.05) is 40.5 Å². The number of carbonyl (C=O) groups is 1. The van der Waals surface area contributed by atoms with Gasteiger partial charge in [0.1, 0.15) is 5.75 Å². The Balaban J connectivity index is 1.44. The van der Waals surface area contributed by atoms with Gasteiger partial charge in [0.25, 0.3) is 5.91 Å². The zero-order valence-corrected chi connectivity index (χ0v) is 17.4. The van der Waals surface area contributed by atoms with Crippen molar-refractivity contribution in [2.75, 3.05) is 31.7 Å². The van der Waals surface area contributed by atoms with Gasteiger partial charge in [-0.3, -0.25) is 9.48 Å². The largest absolute Gasteiger partial charge is 0.497 e. The lowest BCUT2D eigenvalue weighted by Gasteiger charge is -2.27. The Bertz CT molecular complexity index is 828. The Kier molecular flexibility index (Phi) is 5.92. The summed E-state index contributed by atoms with van der Waals surface area (Å²) in [7, 11) is 3.65. The Morgan fingerprint density at radius 3 is 2.75 bits per heavy atom. The van der Waals surface area contributed by atoms with Crippen molar-refractivity contribution >= 4 is 17.7 Å². The van der Waals surface area contributed by atoms with Crippen molar-refractivity contribution in [1.29, 1.82) is 0 Å². The van der Waals surface area contributed by atoms with Gasteiger partial charge >= 0.3 is 0 Å². The van der Waals surface area contributed by atoms with Gasteiger partial charge in [-0.2, -0.15) is 16.9 Å². The zero-order valence-electron chi connectivity index (χ0n) is 16.6. The van der Waals surface area contributed by atoms with Gasteiger partial charge in [0.05, 0.1) is 7.11 Å². The first-order chi connectivity index (χ1) is 13.7. The molecule has 1 amide bonds. The van der Waals surface area contributed by atoms with Crippen LogP contribution in [-0.4, -0.2) is 58.3 Å². The van der Waals surface area contributed by atoms with Crippen LogP contribution in [0.5, 0.6) is 5.75 Å². The first-order valence-corrected chi connectivity index (χ1v) is 11.1. The van der Waals surface area contributed by atoms with E-state index in [9.17, 15) is 4.79 Å². The van der Waals surface area contributed by atoms with Crippen LogP contribution in [0.2, 0.25) is 0 Å². The third kappa shape index (κ3) is 4.05. The van der Waals surface area contributed by atoms with Crippen LogP contribution >= 0.6 is 11.8 Å². The molecule has 1 aromatic heterocycles. The number of methoxy groups -OCH3 is 1. The minimum atomic E-state index is 0.105. The summed E-state index contributed by atoms with van der Waals surface area (Å²) in [6, 6.07) is 8.53. The average molecular weight is 401 g/mol. The molecule has 2 aromatic rings. The lowest BCUT2D eigenvalue weighted by molar-refractivity contribution is 0.0764. The molecule has 2 aliphatic rings. The standard InChI is InChI=1S/C21H28N4O2S/c1-24-19-8-5-16(22-14-15-3-6-17(27-2)7-4-15)13-18(19)20(23-24)21(26)25-9-11-28-12-10-25/h3-4,6-7,16,22H,5,8-14H2,1-2H3/t16-/m1/s1. The summed E-state index contributed by atoms with van der Waals surface area (Å²) < 4.78 is 7.14. The number of hydrogen-bond acceptors (Lipinski definition) is 5. The fraction of sp³-hybridized carbons (Fsp3) is 0.524. The second-order valence-corrected chi connectivity index (χ2v) is 8.70. The monoisotopic (exact) mass is 400 g/mol. The number of fused-ring (bicyclic) bond motifs is 1. The highest BCUT2D eigenvalue weighted by Gasteiger charge is 2.30. The number of amides is 1. The maximum atomic E-state index is 13.0. The van der Waals surface area contributed by atoms with Crippen molar-refractivity contribution in [2.45, 2.75) is 31.8 Å². The molecule has 0 saturated carbocycles. The SMILES string of the molecule is COc1ccc(CN[C@@H]2CCc3c(c(C(=O)N4CCSCC4)nn3C)C2)cc1. The van der Waals surface area contributed by atoms with Gasteiger partial charge in [0, 0.05) is 55.5 Å².